The van der Waals surface area contributed by atoms with Crippen molar-refractivity contribution in [1.29, 1.82) is 0 Å². The summed E-state index contributed by atoms with van der Waals surface area (Å²) in [6, 6.07) is 11.2. The van der Waals surface area contributed by atoms with Crippen LogP contribution in [0.15, 0.2) is 55.0 Å². The van der Waals surface area contributed by atoms with Gasteiger partial charge in [0.05, 0.1) is 6.54 Å². The van der Waals surface area contributed by atoms with Crippen molar-refractivity contribution in [2.75, 3.05) is 5.32 Å². The summed E-state index contributed by atoms with van der Waals surface area (Å²) >= 11 is 0. The first-order valence-electron chi connectivity index (χ1n) is 8.84. The fourth-order valence-electron chi connectivity index (χ4n) is 2.68. The first-order valence-corrected chi connectivity index (χ1v) is 8.84. The van der Waals surface area contributed by atoms with Crippen LogP contribution >= 0.6 is 0 Å². The molecule has 6 nitrogen and oxygen atoms in total. The van der Waals surface area contributed by atoms with Crippen LogP contribution in [0.2, 0.25) is 0 Å². The second kappa shape index (κ2) is 8.40. The molecule has 0 aliphatic heterocycles. The van der Waals surface area contributed by atoms with Gasteiger partial charge in [0.1, 0.15) is 0 Å². The molecule has 0 unspecified atom stereocenters. The van der Waals surface area contributed by atoms with Crippen molar-refractivity contribution in [3.8, 4) is 0 Å². The summed E-state index contributed by atoms with van der Waals surface area (Å²) in [5.41, 5.74) is 3.94. The third-order valence-corrected chi connectivity index (χ3v) is 4.41. The van der Waals surface area contributed by atoms with Crippen molar-refractivity contribution in [2.45, 2.75) is 33.2 Å². The van der Waals surface area contributed by atoms with Gasteiger partial charge in [0.25, 0.3) is 0 Å². The zero-order valence-corrected chi connectivity index (χ0v) is 15.5. The van der Waals surface area contributed by atoms with Crippen molar-refractivity contribution in [3.63, 3.8) is 0 Å². The van der Waals surface area contributed by atoms with E-state index in [-0.39, 0.29) is 24.5 Å². The molecule has 1 N–H and O–H groups in total. The molecule has 0 bridgehead atoms. The maximum Gasteiger partial charge on any atom is 0.226 e. The van der Waals surface area contributed by atoms with Crippen LogP contribution in [0.4, 0.5) is 5.82 Å². The number of ketones is 1. The smallest absolute Gasteiger partial charge is 0.226 e. The van der Waals surface area contributed by atoms with Crippen molar-refractivity contribution >= 4 is 17.5 Å². The number of pyridine rings is 1. The summed E-state index contributed by atoms with van der Waals surface area (Å²) in [5.74, 6) is 0.227. The van der Waals surface area contributed by atoms with Gasteiger partial charge in [-0.25, -0.2) is 0 Å². The van der Waals surface area contributed by atoms with Gasteiger partial charge in [-0.3, -0.25) is 19.3 Å². The number of aromatic nitrogens is 3. The SMILES string of the molecule is Cc1ccc(C(=O)CCC(=O)Nc2ccn(Cc3ccncc3)n2)cc1C. The van der Waals surface area contributed by atoms with Crippen LogP contribution in [0, 0.1) is 13.8 Å². The Hall–Kier alpha value is -3.28. The zero-order valence-electron chi connectivity index (χ0n) is 15.5. The summed E-state index contributed by atoms with van der Waals surface area (Å²) < 4.78 is 1.74. The van der Waals surface area contributed by atoms with E-state index in [1.54, 1.807) is 29.3 Å². The van der Waals surface area contributed by atoms with E-state index in [1.165, 1.54) is 0 Å². The first-order chi connectivity index (χ1) is 13.0. The van der Waals surface area contributed by atoms with E-state index in [1.807, 2.05) is 44.2 Å². The summed E-state index contributed by atoms with van der Waals surface area (Å²) in [5, 5.41) is 7.07. The molecular weight excluding hydrogens is 340 g/mol. The minimum atomic E-state index is -0.221. The second-order valence-electron chi connectivity index (χ2n) is 6.52. The number of anilines is 1. The lowest BCUT2D eigenvalue weighted by atomic mass is 10.0. The van der Waals surface area contributed by atoms with Crippen LogP contribution in [0.25, 0.3) is 0 Å². The fraction of sp³-hybridized carbons (Fsp3) is 0.238. The Labute approximate surface area is 158 Å². The maximum atomic E-state index is 12.3. The van der Waals surface area contributed by atoms with Gasteiger partial charge in [-0.15, -0.1) is 0 Å². The minimum Gasteiger partial charge on any atom is -0.309 e. The lowest BCUT2D eigenvalue weighted by molar-refractivity contribution is -0.116. The molecule has 138 valence electrons. The second-order valence-corrected chi connectivity index (χ2v) is 6.52. The molecule has 0 atom stereocenters. The summed E-state index contributed by atoms with van der Waals surface area (Å²) in [6.45, 7) is 4.58. The standard InChI is InChI=1S/C21H22N4O2/c1-15-3-4-18(13-16(15)2)19(26)5-6-21(27)23-20-9-12-25(24-20)14-17-7-10-22-11-8-17/h3-4,7-13H,5-6,14H2,1-2H3,(H,23,24,27). The van der Waals surface area contributed by atoms with Crippen LogP contribution in [0.3, 0.4) is 0 Å². The number of nitrogens with zero attached hydrogens (tertiary/aromatic N) is 3. The number of carbonyl (C=O) groups is 2. The van der Waals surface area contributed by atoms with E-state index < -0.39 is 0 Å². The molecule has 27 heavy (non-hydrogen) atoms. The number of benzene rings is 1. The molecule has 3 aromatic rings. The topological polar surface area (TPSA) is 76.9 Å². The lowest BCUT2D eigenvalue weighted by Crippen LogP contribution is -2.14. The zero-order chi connectivity index (χ0) is 19.2. The quantitative estimate of drug-likeness (QED) is 0.652. The van der Waals surface area contributed by atoms with Gasteiger partial charge in [0, 0.05) is 43.1 Å². The van der Waals surface area contributed by atoms with E-state index in [2.05, 4.69) is 15.4 Å². The minimum absolute atomic E-state index is 0.0310. The Morgan fingerprint density at radius 2 is 1.78 bits per heavy atom. The maximum absolute atomic E-state index is 12.3. The number of carbonyl (C=O) groups excluding carboxylic acids is 2. The molecule has 6 heteroatoms. The Bertz CT molecular complexity index is 948. The first kappa shape index (κ1) is 18.5. The number of hydrogen-bond donors (Lipinski definition) is 1. The molecule has 0 radical (unpaired) electrons. The van der Waals surface area contributed by atoms with Gasteiger partial charge < -0.3 is 5.32 Å². The number of amides is 1. The molecule has 1 aromatic carbocycles. The molecule has 2 aromatic heterocycles. The predicted molar refractivity (Wildman–Crippen MR) is 104 cm³/mol. The average Bonchev–Trinajstić information content (AvgIpc) is 3.09. The molecule has 0 spiro atoms. The van der Waals surface area contributed by atoms with Gasteiger partial charge >= 0.3 is 0 Å². The van der Waals surface area contributed by atoms with E-state index in [9.17, 15) is 9.59 Å². The third kappa shape index (κ3) is 5.10. The van der Waals surface area contributed by atoms with Gasteiger partial charge in [-0.05, 0) is 48.7 Å². The van der Waals surface area contributed by atoms with E-state index in [0.717, 1.165) is 16.7 Å². The number of aryl methyl sites for hydroxylation is 2. The van der Waals surface area contributed by atoms with Crippen LogP contribution < -0.4 is 5.32 Å². The predicted octanol–water partition coefficient (Wildman–Crippen LogP) is 3.54. The molecule has 3 rings (SSSR count). The van der Waals surface area contributed by atoms with Crippen LogP contribution in [-0.4, -0.2) is 26.5 Å². The fourth-order valence-corrected chi connectivity index (χ4v) is 2.68. The van der Waals surface area contributed by atoms with E-state index >= 15 is 0 Å². The Kier molecular flexibility index (Phi) is 5.76. The third-order valence-electron chi connectivity index (χ3n) is 4.41. The van der Waals surface area contributed by atoms with Gasteiger partial charge in [-0.2, -0.15) is 5.10 Å². The normalized spacial score (nSPS) is 10.6. The highest BCUT2D eigenvalue weighted by molar-refractivity contribution is 5.99. The Morgan fingerprint density at radius 1 is 1.00 bits per heavy atom. The highest BCUT2D eigenvalue weighted by Crippen LogP contribution is 2.13. The van der Waals surface area contributed by atoms with Gasteiger partial charge in [0.2, 0.25) is 5.91 Å². The molecule has 1 amide bonds. The molecule has 0 fully saturated rings. The van der Waals surface area contributed by atoms with E-state index in [4.69, 9.17) is 0 Å². The van der Waals surface area contributed by atoms with Crippen molar-refractivity contribution < 1.29 is 9.59 Å². The molecule has 2 heterocycles. The molecule has 0 aliphatic rings. The van der Waals surface area contributed by atoms with Gasteiger partial charge in [-0.1, -0.05) is 12.1 Å². The van der Waals surface area contributed by atoms with Crippen molar-refractivity contribution in [2.24, 2.45) is 0 Å². The van der Waals surface area contributed by atoms with Crippen LogP contribution in [-0.2, 0) is 11.3 Å². The highest BCUT2D eigenvalue weighted by Gasteiger charge is 2.11. The summed E-state index contributed by atoms with van der Waals surface area (Å²) in [7, 11) is 0. The summed E-state index contributed by atoms with van der Waals surface area (Å²) in [6.07, 6.45) is 5.56. The monoisotopic (exact) mass is 362 g/mol. The lowest BCUT2D eigenvalue weighted by Gasteiger charge is -2.05. The number of Topliss-reactive ketones (excluding diaryl/α,β-unsaturated/α-hetero) is 1. The van der Waals surface area contributed by atoms with E-state index in [0.29, 0.717) is 17.9 Å². The summed E-state index contributed by atoms with van der Waals surface area (Å²) in [4.78, 5) is 28.4. The molecule has 0 aliphatic carbocycles. The van der Waals surface area contributed by atoms with Gasteiger partial charge in [0.15, 0.2) is 11.6 Å². The molecule has 0 saturated heterocycles. The number of hydrogen-bond acceptors (Lipinski definition) is 4. The van der Waals surface area contributed by atoms with Crippen molar-refractivity contribution in [1.82, 2.24) is 14.8 Å². The van der Waals surface area contributed by atoms with Crippen LogP contribution in [0.1, 0.15) is 39.9 Å². The molecular formula is C21H22N4O2. The Morgan fingerprint density at radius 3 is 2.52 bits per heavy atom. The molecule has 0 saturated carbocycles. The number of nitrogens with one attached hydrogen (secondary N) is 1. The van der Waals surface area contributed by atoms with Crippen LogP contribution in [0.5, 0.6) is 0 Å². The Balaban J connectivity index is 1.50. The average molecular weight is 362 g/mol. The number of rotatable bonds is 7. The van der Waals surface area contributed by atoms with Crippen molar-refractivity contribution in [3.05, 3.63) is 77.2 Å². The highest BCUT2D eigenvalue weighted by atomic mass is 16.2. The largest absolute Gasteiger partial charge is 0.309 e.